The monoisotopic (exact) mass is 368 g/mol. The molecule has 0 bridgehead atoms. The molecule has 8 heteroatoms. The van der Waals surface area contributed by atoms with Gasteiger partial charge in [-0.1, -0.05) is 29.8 Å². The van der Waals surface area contributed by atoms with Crippen molar-refractivity contribution in [3.8, 4) is 22.6 Å². The highest BCUT2D eigenvalue weighted by Crippen LogP contribution is 2.44. The van der Waals surface area contributed by atoms with Gasteiger partial charge < -0.3 is 13.9 Å². The third-order valence-corrected chi connectivity index (χ3v) is 4.13. The lowest BCUT2D eigenvalue weighted by Gasteiger charge is -2.14. The Morgan fingerprint density at radius 1 is 1.04 bits per heavy atom. The van der Waals surface area contributed by atoms with Gasteiger partial charge in [0.2, 0.25) is 23.7 Å². The molecular weight excluding hydrogens is 361 g/mol. The fourth-order valence-corrected chi connectivity index (χ4v) is 2.96. The smallest absolute Gasteiger partial charge is 0.450 e. The van der Waals surface area contributed by atoms with E-state index in [1.54, 1.807) is 6.07 Å². The summed E-state index contributed by atoms with van der Waals surface area (Å²) >= 11 is 6.01. The van der Waals surface area contributed by atoms with Gasteiger partial charge in [-0.05, 0) is 18.2 Å². The first-order valence-corrected chi connectivity index (χ1v) is 7.47. The van der Waals surface area contributed by atoms with Crippen molar-refractivity contribution >= 4 is 22.6 Å². The lowest BCUT2D eigenvalue weighted by molar-refractivity contribution is -0.152. The normalized spacial score (nSPS) is 13.4. The Morgan fingerprint density at radius 2 is 1.80 bits per heavy atom. The van der Waals surface area contributed by atoms with Crippen LogP contribution in [0.2, 0.25) is 5.02 Å². The van der Waals surface area contributed by atoms with Crippen molar-refractivity contribution in [2.45, 2.75) is 6.18 Å². The zero-order chi connectivity index (χ0) is 17.8. The number of alkyl halides is 3. The number of hydrogen-bond donors (Lipinski definition) is 0. The molecular formula is C17H8ClF3O4. The average Bonchev–Trinajstić information content (AvgIpc) is 3.03. The van der Waals surface area contributed by atoms with Crippen LogP contribution in [0, 0.1) is 0 Å². The minimum absolute atomic E-state index is 0.0143. The number of rotatable bonds is 1. The quantitative estimate of drug-likeness (QED) is 0.615. The molecule has 0 amide bonds. The van der Waals surface area contributed by atoms with Crippen LogP contribution < -0.4 is 14.9 Å². The molecule has 0 aliphatic carbocycles. The molecule has 0 N–H and O–H groups in total. The molecule has 3 aromatic rings. The molecule has 0 spiro atoms. The maximum absolute atomic E-state index is 13.6. The lowest BCUT2D eigenvalue weighted by Crippen LogP contribution is -2.16. The van der Waals surface area contributed by atoms with Gasteiger partial charge in [-0.25, -0.2) is 0 Å². The molecule has 4 rings (SSSR count). The molecule has 128 valence electrons. The predicted molar refractivity (Wildman–Crippen MR) is 84.1 cm³/mol. The summed E-state index contributed by atoms with van der Waals surface area (Å²) in [7, 11) is 0. The fourth-order valence-electron chi connectivity index (χ4n) is 2.73. The highest BCUT2D eigenvalue weighted by molar-refractivity contribution is 6.33. The maximum Gasteiger partial charge on any atom is 0.450 e. The van der Waals surface area contributed by atoms with Crippen LogP contribution in [0.15, 0.2) is 45.6 Å². The lowest BCUT2D eigenvalue weighted by atomic mass is 10.0. The topological polar surface area (TPSA) is 48.7 Å². The van der Waals surface area contributed by atoms with Crippen molar-refractivity contribution in [2.75, 3.05) is 6.79 Å². The molecule has 0 atom stereocenters. The number of fused-ring (bicyclic) bond motifs is 3. The second-order valence-corrected chi connectivity index (χ2v) is 5.70. The van der Waals surface area contributed by atoms with E-state index in [4.69, 9.17) is 25.5 Å². The summed E-state index contributed by atoms with van der Waals surface area (Å²) in [6.07, 6.45) is -4.90. The zero-order valence-electron chi connectivity index (χ0n) is 12.3. The van der Waals surface area contributed by atoms with E-state index >= 15 is 0 Å². The zero-order valence-corrected chi connectivity index (χ0v) is 13.1. The summed E-state index contributed by atoms with van der Waals surface area (Å²) in [6, 6.07) is 8.58. The van der Waals surface area contributed by atoms with Gasteiger partial charge in [0.25, 0.3) is 0 Å². The van der Waals surface area contributed by atoms with Gasteiger partial charge in [-0.2, -0.15) is 13.2 Å². The third-order valence-electron chi connectivity index (χ3n) is 3.80. The van der Waals surface area contributed by atoms with E-state index in [1.807, 2.05) is 0 Å². The Labute approximate surface area is 143 Å². The molecule has 0 saturated carbocycles. The van der Waals surface area contributed by atoms with Crippen LogP contribution in [0.3, 0.4) is 0 Å². The summed E-state index contributed by atoms with van der Waals surface area (Å²) in [6.45, 7) is -0.161. The van der Waals surface area contributed by atoms with Gasteiger partial charge in [0, 0.05) is 10.6 Å². The van der Waals surface area contributed by atoms with Crippen molar-refractivity contribution in [1.82, 2.24) is 0 Å². The van der Waals surface area contributed by atoms with Crippen molar-refractivity contribution in [3.05, 3.63) is 57.4 Å². The number of hydrogen-bond acceptors (Lipinski definition) is 4. The van der Waals surface area contributed by atoms with E-state index in [0.29, 0.717) is 0 Å². The fraction of sp³-hybridized carbons (Fsp3) is 0.118. The molecule has 1 aliphatic heterocycles. The van der Waals surface area contributed by atoms with E-state index in [0.717, 1.165) is 0 Å². The number of benzene rings is 2. The summed E-state index contributed by atoms with van der Waals surface area (Å²) in [5.41, 5.74) is -1.84. The molecule has 0 saturated heterocycles. The van der Waals surface area contributed by atoms with Crippen molar-refractivity contribution in [3.63, 3.8) is 0 Å². The first kappa shape index (κ1) is 15.8. The molecule has 0 radical (unpaired) electrons. The van der Waals surface area contributed by atoms with Crippen molar-refractivity contribution in [1.29, 1.82) is 0 Å². The third kappa shape index (κ3) is 2.42. The average molecular weight is 369 g/mol. The van der Waals surface area contributed by atoms with Crippen LogP contribution in [0.25, 0.3) is 22.1 Å². The number of ether oxygens (including phenoxy) is 2. The van der Waals surface area contributed by atoms with Gasteiger partial charge in [-0.3, -0.25) is 4.79 Å². The Balaban J connectivity index is 2.16. The van der Waals surface area contributed by atoms with Crippen LogP contribution in [-0.4, -0.2) is 6.79 Å². The largest absolute Gasteiger partial charge is 0.453 e. The second-order valence-electron chi connectivity index (χ2n) is 5.29. The van der Waals surface area contributed by atoms with E-state index in [1.165, 1.54) is 30.3 Å². The highest BCUT2D eigenvalue weighted by Gasteiger charge is 2.40. The first-order valence-electron chi connectivity index (χ1n) is 7.09. The summed E-state index contributed by atoms with van der Waals surface area (Å²) in [5.74, 6) is -1.23. The molecule has 4 nitrogen and oxygen atoms in total. The van der Waals surface area contributed by atoms with Gasteiger partial charge in [0.05, 0.1) is 10.9 Å². The molecule has 0 unspecified atom stereocenters. The van der Waals surface area contributed by atoms with Crippen LogP contribution in [0.5, 0.6) is 11.5 Å². The van der Waals surface area contributed by atoms with Crippen molar-refractivity contribution in [2.24, 2.45) is 0 Å². The summed E-state index contributed by atoms with van der Waals surface area (Å²) in [5, 5.41) is -0.0347. The van der Waals surface area contributed by atoms with Gasteiger partial charge in [-0.15, -0.1) is 0 Å². The van der Waals surface area contributed by atoms with Gasteiger partial charge in [0.15, 0.2) is 11.3 Å². The summed E-state index contributed by atoms with van der Waals surface area (Å²) < 4.78 is 56.1. The van der Waals surface area contributed by atoms with Crippen LogP contribution >= 0.6 is 11.6 Å². The number of halogens is 4. The Morgan fingerprint density at radius 3 is 2.52 bits per heavy atom. The predicted octanol–water partition coefficient (Wildman–Crippen LogP) is 4.86. The maximum atomic E-state index is 13.6. The van der Waals surface area contributed by atoms with Gasteiger partial charge in [0.1, 0.15) is 0 Å². The minimum atomic E-state index is -4.90. The SMILES string of the molecule is O=c1c(-c2ccccc2Cl)c(C(F)(F)F)oc2c3c(ccc12)OCO3. The van der Waals surface area contributed by atoms with Crippen LogP contribution in [-0.2, 0) is 6.18 Å². The van der Waals surface area contributed by atoms with Crippen molar-refractivity contribution < 1.29 is 27.1 Å². The van der Waals surface area contributed by atoms with E-state index in [9.17, 15) is 18.0 Å². The van der Waals surface area contributed by atoms with Crippen LogP contribution in [0.4, 0.5) is 13.2 Å². The molecule has 2 heterocycles. The molecule has 2 aromatic carbocycles. The van der Waals surface area contributed by atoms with E-state index in [2.05, 4.69) is 0 Å². The summed E-state index contributed by atoms with van der Waals surface area (Å²) in [4.78, 5) is 12.8. The highest BCUT2D eigenvalue weighted by atomic mass is 35.5. The van der Waals surface area contributed by atoms with E-state index in [-0.39, 0.29) is 39.8 Å². The standard InChI is InChI=1S/C17H8ClF3O4/c18-10-4-2-1-3-8(10)12-13(22)9-5-6-11-15(24-7-23-11)14(9)25-16(12)17(19,20)21/h1-6H,7H2. The molecule has 1 aromatic heterocycles. The Hall–Kier alpha value is -2.67. The molecule has 25 heavy (non-hydrogen) atoms. The van der Waals surface area contributed by atoms with E-state index < -0.39 is 22.9 Å². The molecule has 1 aliphatic rings. The first-order chi connectivity index (χ1) is 11.9. The van der Waals surface area contributed by atoms with Crippen LogP contribution in [0.1, 0.15) is 5.76 Å². The minimum Gasteiger partial charge on any atom is -0.453 e. The Kier molecular flexibility index (Phi) is 3.43. The van der Waals surface area contributed by atoms with Gasteiger partial charge >= 0.3 is 6.18 Å². The molecule has 0 fully saturated rings. The Bertz CT molecular complexity index is 1060. The second kappa shape index (κ2) is 5.42.